The Morgan fingerprint density at radius 1 is 1.29 bits per heavy atom. The molecule has 0 spiro atoms. The third kappa shape index (κ3) is 5.16. The molecule has 0 unspecified atom stereocenters. The summed E-state index contributed by atoms with van der Waals surface area (Å²) in [5.74, 6) is 0. The summed E-state index contributed by atoms with van der Waals surface area (Å²) in [6.07, 6.45) is 0.0553. The Morgan fingerprint density at radius 2 is 1.90 bits per heavy atom. The zero-order valence-corrected chi connectivity index (χ0v) is 13.0. The van der Waals surface area contributed by atoms with Gasteiger partial charge in [-0.15, -0.1) is 0 Å². The first-order valence-corrected chi connectivity index (χ1v) is 7.87. The third-order valence-electron chi connectivity index (χ3n) is 2.62. The molecule has 0 aliphatic carbocycles. The smallest absolute Gasteiger partial charge is 0.427 e. The van der Waals surface area contributed by atoms with Crippen LogP contribution in [0.15, 0.2) is 34.3 Å². The highest BCUT2D eigenvalue weighted by atomic mass is 32.2. The molecule has 1 rings (SSSR count). The quantitative estimate of drug-likeness (QED) is 0.613. The molecule has 0 bridgehead atoms. The number of benzene rings is 1. The zero-order chi connectivity index (χ0) is 15.9. The Labute approximate surface area is 124 Å². The lowest BCUT2D eigenvalue weighted by Crippen LogP contribution is -2.24. The van der Waals surface area contributed by atoms with Gasteiger partial charge >= 0.3 is 6.09 Å². The van der Waals surface area contributed by atoms with Crippen molar-refractivity contribution in [3.05, 3.63) is 29.8 Å². The summed E-state index contributed by atoms with van der Waals surface area (Å²) in [5, 5.41) is 3.83. The van der Waals surface area contributed by atoms with Crippen molar-refractivity contribution in [2.75, 3.05) is 13.7 Å². The van der Waals surface area contributed by atoms with Crippen LogP contribution in [0.3, 0.4) is 0 Å². The molecule has 1 aromatic carbocycles. The van der Waals surface area contributed by atoms with Crippen molar-refractivity contribution in [1.29, 1.82) is 0 Å². The van der Waals surface area contributed by atoms with Crippen molar-refractivity contribution in [3.63, 3.8) is 0 Å². The van der Waals surface area contributed by atoms with E-state index in [1.54, 1.807) is 19.1 Å². The van der Waals surface area contributed by atoms with Crippen LogP contribution in [0.1, 0.15) is 25.8 Å². The largest absolute Gasteiger partial charge is 0.452 e. The van der Waals surface area contributed by atoms with E-state index in [1.165, 1.54) is 19.2 Å². The van der Waals surface area contributed by atoms with Crippen LogP contribution in [-0.4, -0.2) is 33.9 Å². The fourth-order valence-electron chi connectivity index (χ4n) is 1.43. The lowest BCUT2D eigenvalue weighted by molar-refractivity contribution is 0.171. The van der Waals surface area contributed by atoms with E-state index in [2.05, 4.69) is 20.0 Å². The first-order chi connectivity index (χ1) is 9.90. The van der Waals surface area contributed by atoms with Crippen LogP contribution in [0.4, 0.5) is 4.79 Å². The van der Waals surface area contributed by atoms with Gasteiger partial charge < -0.3 is 4.74 Å². The Bertz CT molecular complexity index is 609. The van der Waals surface area contributed by atoms with E-state index < -0.39 is 16.1 Å². The third-order valence-corrected chi connectivity index (χ3v) is 4.10. The molecule has 0 aliphatic rings. The normalized spacial score (nSPS) is 12.0. The van der Waals surface area contributed by atoms with Crippen molar-refractivity contribution in [2.45, 2.75) is 25.2 Å². The van der Waals surface area contributed by atoms with Crippen LogP contribution in [0.5, 0.6) is 0 Å². The van der Waals surface area contributed by atoms with E-state index in [9.17, 15) is 13.2 Å². The number of carbonyl (C=O) groups is 1. The minimum Gasteiger partial charge on any atom is -0.452 e. The number of carbonyl (C=O) groups excluding carboxylic acids is 1. The zero-order valence-electron chi connectivity index (χ0n) is 12.2. The number of hydrogen-bond acceptors (Lipinski definition) is 5. The number of amides is 1. The maximum absolute atomic E-state index is 11.9. The standard InChI is InChI=1S/C13H19N3O4S/c1-4-9-14-21(18,19)12-7-5-11(6-8-12)10(2)15-16-13(17)20-3/h5-8,14H,4,9H2,1-3H3,(H,16,17)/b15-10-. The fourth-order valence-corrected chi connectivity index (χ4v) is 2.57. The van der Waals surface area contributed by atoms with Gasteiger partial charge in [0.2, 0.25) is 10.0 Å². The molecule has 0 saturated heterocycles. The van der Waals surface area contributed by atoms with Crippen LogP contribution in [0.2, 0.25) is 0 Å². The predicted molar refractivity (Wildman–Crippen MR) is 79.7 cm³/mol. The molecule has 7 nitrogen and oxygen atoms in total. The van der Waals surface area contributed by atoms with Gasteiger partial charge in [-0.25, -0.2) is 23.4 Å². The fraction of sp³-hybridized carbons (Fsp3) is 0.385. The van der Waals surface area contributed by atoms with E-state index in [0.717, 1.165) is 6.42 Å². The summed E-state index contributed by atoms with van der Waals surface area (Å²) in [5.41, 5.74) is 3.43. The summed E-state index contributed by atoms with van der Waals surface area (Å²) < 4.78 is 30.7. The highest BCUT2D eigenvalue weighted by molar-refractivity contribution is 7.89. The van der Waals surface area contributed by atoms with Crippen molar-refractivity contribution in [3.8, 4) is 0 Å². The first-order valence-electron chi connectivity index (χ1n) is 6.39. The SMILES string of the molecule is CCCNS(=O)(=O)c1ccc(/C(C)=N\NC(=O)OC)cc1. The minimum atomic E-state index is -3.47. The first kappa shape index (κ1) is 17.1. The average molecular weight is 313 g/mol. The number of sulfonamides is 1. The summed E-state index contributed by atoms with van der Waals surface area (Å²) >= 11 is 0. The molecule has 1 aromatic rings. The van der Waals surface area contributed by atoms with Crippen molar-refractivity contribution in [1.82, 2.24) is 10.1 Å². The lowest BCUT2D eigenvalue weighted by Gasteiger charge is -2.07. The van der Waals surface area contributed by atoms with Crippen LogP contribution >= 0.6 is 0 Å². The second kappa shape index (κ2) is 7.75. The van der Waals surface area contributed by atoms with E-state index in [-0.39, 0.29) is 4.90 Å². The van der Waals surface area contributed by atoms with Gasteiger partial charge in [0.05, 0.1) is 17.7 Å². The molecule has 21 heavy (non-hydrogen) atoms. The summed E-state index contributed by atoms with van der Waals surface area (Å²) in [6.45, 7) is 3.97. The molecule has 0 aliphatic heterocycles. The molecule has 0 radical (unpaired) electrons. The van der Waals surface area contributed by atoms with E-state index in [1.807, 2.05) is 6.92 Å². The van der Waals surface area contributed by atoms with Gasteiger partial charge in [0.1, 0.15) is 0 Å². The van der Waals surface area contributed by atoms with Crippen LogP contribution in [-0.2, 0) is 14.8 Å². The molecule has 8 heteroatoms. The van der Waals surface area contributed by atoms with Gasteiger partial charge in [-0.05, 0) is 31.0 Å². The number of ether oxygens (including phenoxy) is 1. The van der Waals surface area contributed by atoms with E-state index >= 15 is 0 Å². The monoisotopic (exact) mass is 313 g/mol. The van der Waals surface area contributed by atoms with Gasteiger partial charge in [0.25, 0.3) is 0 Å². The number of hydrazone groups is 1. The Kier molecular flexibility index (Phi) is 6.32. The molecule has 0 fully saturated rings. The molecule has 0 heterocycles. The predicted octanol–water partition coefficient (Wildman–Crippen LogP) is 1.45. The van der Waals surface area contributed by atoms with Crippen molar-refractivity contribution >= 4 is 21.8 Å². The molecule has 116 valence electrons. The Morgan fingerprint density at radius 3 is 2.43 bits per heavy atom. The molecule has 2 N–H and O–H groups in total. The van der Waals surface area contributed by atoms with Crippen LogP contribution < -0.4 is 10.1 Å². The Hall–Kier alpha value is -1.93. The minimum absolute atomic E-state index is 0.188. The number of hydrogen-bond donors (Lipinski definition) is 2. The topological polar surface area (TPSA) is 96.9 Å². The number of nitrogens with one attached hydrogen (secondary N) is 2. The number of nitrogens with zero attached hydrogens (tertiary/aromatic N) is 1. The van der Waals surface area contributed by atoms with Gasteiger partial charge in [-0.1, -0.05) is 19.1 Å². The van der Waals surface area contributed by atoms with Gasteiger partial charge in [-0.3, -0.25) is 0 Å². The molecule has 0 saturated carbocycles. The van der Waals surface area contributed by atoms with Crippen molar-refractivity contribution < 1.29 is 17.9 Å². The number of methoxy groups -OCH3 is 1. The maximum Gasteiger partial charge on any atom is 0.427 e. The van der Waals surface area contributed by atoms with E-state index in [4.69, 9.17) is 0 Å². The molecular formula is C13H19N3O4S. The highest BCUT2D eigenvalue weighted by Crippen LogP contribution is 2.11. The lowest BCUT2D eigenvalue weighted by atomic mass is 10.1. The maximum atomic E-state index is 11.9. The van der Waals surface area contributed by atoms with Crippen LogP contribution in [0, 0.1) is 0 Å². The van der Waals surface area contributed by atoms with Gasteiger partial charge in [-0.2, -0.15) is 5.10 Å². The highest BCUT2D eigenvalue weighted by Gasteiger charge is 2.12. The van der Waals surface area contributed by atoms with Crippen LogP contribution in [0.25, 0.3) is 0 Å². The summed E-state index contributed by atoms with van der Waals surface area (Å²) in [4.78, 5) is 11.1. The van der Waals surface area contributed by atoms with Gasteiger partial charge in [0.15, 0.2) is 0 Å². The van der Waals surface area contributed by atoms with Crippen molar-refractivity contribution in [2.24, 2.45) is 5.10 Å². The summed E-state index contributed by atoms with van der Waals surface area (Å²) in [6, 6.07) is 6.23. The molecule has 0 atom stereocenters. The second-order valence-corrected chi connectivity index (χ2v) is 5.99. The Balaban J connectivity index is 2.85. The van der Waals surface area contributed by atoms with E-state index in [0.29, 0.717) is 17.8 Å². The summed E-state index contributed by atoms with van der Waals surface area (Å²) in [7, 11) is -2.23. The molecule has 1 amide bonds. The molecule has 0 aromatic heterocycles. The average Bonchev–Trinajstić information content (AvgIpc) is 2.50. The van der Waals surface area contributed by atoms with Gasteiger partial charge in [0, 0.05) is 6.54 Å². The second-order valence-electron chi connectivity index (χ2n) is 4.22. The number of rotatable bonds is 6. The molecular weight excluding hydrogens is 294 g/mol.